The van der Waals surface area contributed by atoms with E-state index >= 15 is 0 Å². The first kappa shape index (κ1) is 25.1. The Kier molecular flexibility index (Phi) is 7.50. The molecule has 8 nitrogen and oxygen atoms in total. The summed E-state index contributed by atoms with van der Waals surface area (Å²) in [5, 5.41) is 6.58. The van der Waals surface area contributed by atoms with Crippen LogP contribution in [0.2, 0.25) is 0 Å². The number of amides is 1. The number of aryl methyl sites for hydroxylation is 1. The molecule has 3 rings (SSSR count). The number of nitrogens with one attached hydrogen (secondary N) is 2. The van der Waals surface area contributed by atoms with Gasteiger partial charge in [-0.1, -0.05) is 19.4 Å². The van der Waals surface area contributed by atoms with Crippen molar-refractivity contribution in [1.29, 1.82) is 0 Å². The van der Waals surface area contributed by atoms with Gasteiger partial charge in [-0.25, -0.2) is 8.42 Å². The Morgan fingerprint density at radius 2 is 1.88 bits per heavy atom. The third kappa shape index (κ3) is 6.07. The summed E-state index contributed by atoms with van der Waals surface area (Å²) >= 11 is 0. The molecule has 3 aromatic rings. The minimum absolute atomic E-state index is 0.0456. The number of hydrogen-bond donors (Lipinski definition) is 2. The van der Waals surface area contributed by atoms with Crippen LogP contribution in [0.4, 0.5) is 24.5 Å². The van der Waals surface area contributed by atoms with Crippen molar-refractivity contribution in [3.63, 3.8) is 0 Å². The monoisotopic (exact) mass is 496 g/mol. The molecule has 1 amide bonds. The average molecular weight is 497 g/mol. The molecule has 0 atom stereocenters. The molecule has 0 aliphatic carbocycles. The molecule has 0 aliphatic rings. The fourth-order valence-electron chi connectivity index (χ4n) is 3.01. The van der Waals surface area contributed by atoms with Gasteiger partial charge in [0, 0.05) is 30.7 Å². The van der Waals surface area contributed by atoms with Crippen molar-refractivity contribution < 1.29 is 31.1 Å². The molecule has 1 heterocycles. The fourth-order valence-corrected chi connectivity index (χ4v) is 4.19. The molecule has 0 bridgehead atoms. The molecule has 2 N–H and O–H groups in total. The van der Waals surface area contributed by atoms with Gasteiger partial charge >= 0.3 is 6.18 Å². The lowest BCUT2D eigenvalue weighted by Crippen LogP contribution is -2.18. The van der Waals surface area contributed by atoms with Gasteiger partial charge in [0.05, 0.1) is 12.2 Å². The fraction of sp³-hybridized carbons (Fsp3) is 0.273. The number of carbonyl (C=O) groups is 1. The second-order valence-corrected chi connectivity index (χ2v) is 8.99. The van der Waals surface area contributed by atoms with Gasteiger partial charge in [-0.05, 0) is 42.8 Å². The number of alkyl halides is 3. The number of hydrogen-bond acceptors (Lipinski definition) is 5. The molecule has 2 aromatic carbocycles. The number of sulfonamides is 1. The van der Waals surface area contributed by atoms with Crippen LogP contribution in [-0.4, -0.2) is 30.7 Å². The maximum atomic E-state index is 13.0. The van der Waals surface area contributed by atoms with E-state index in [4.69, 9.17) is 4.74 Å². The number of nitrogens with zero attached hydrogens (tertiary/aromatic N) is 2. The standard InChI is InChI=1S/C22H23F3N4O4S/c1-3-4-12-33-19-14-16(27-21(30)18-10-11-26-29(18)2)8-9-20(19)34(31,32)28-17-7-5-6-15(13-17)22(23,24)25/h5-11,13-14,28H,3-4,12H2,1-2H3,(H,27,30). The highest BCUT2D eigenvalue weighted by Crippen LogP contribution is 2.33. The number of ether oxygens (including phenoxy) is 1. The number of rotatable bonds is 9. The average Bonchev–Trinajstić information content (AvgIpc) is 3.19. The van der Waals surface area contributed by atoms with Crippen LogP contribution >= 0.6 is 0 Å². The number of halogens is 3. The van der Waals surface area contributed by atoms with Crippen LogP contribution in [-0.2, 0) is 23.2 Å². The highest BCUT2D eigenvalue weighted by molar-refractivity contribution is 7.92. The van der Waals surface area contributed by atoms with Gasteiger partial charge in [-0.3, -0.25) is 14.2 Å². The third-order valence-electron chi connectivity index (χ3n) is 4.74. The third-order valence-corrected chi connectivity index (χ3v) is 6.16. The van der Waals surface area contributed by atoms with Crippen molar-refractivity contribution in [2.24, 2.45) is 7.05 Å². The van der Waals surface area contributed by atoms with E-state index in [0.717, 1.165) is 18.6 Å². The summed E-state index contributed by atoms with van der Waals surface area (Å²) in [6.45, 7) is 2.14. The molecular weight excluding hydrogens is 473 g/mol. The minimum Gasteiger partial charge on any atom is -0.492 e. The van der Waals surface area contributed by atoms with Gasteiger partial charge in [-0.2, -0.15) is 18.3 Å². The molecule has 0 fully saturated rings. The van der Waals surface area contributed by atoms with Crippen LogP contribution in [0.15, 0.2) is 59.6 Å². The highest BCUT2D eigenvalue weighted by atomic mass is 32.2. The van der Waals surface area contributed by atoms with Crippen LogP contribution in [0.25, 0.3) is 0 Å². The van der Waals surface area contributed by atoms with Crippen LogP contribution < -0.4 is 14.8 Å². The maximum absolute atomic E-state index is 13.0. The Morgan fingerprint density at radius 3 is 2.53 bits per heavy atom. The molecule has 0 spiro atoms. The molecular formula is C22H23F3N4O4S. The summed E-state index contributed by atoms with van der Waals surface area (Å²) in [6.07, 6.45) is -1.72. The molecule has 12 heteroatoms. The predicted molar refractivity (Wildman–Crippen MR) is 120 cm³/mol. The largest absolute Gasteiger partial charge is 0.492 e. The first-order chi connectivity index (χ1) is 16.0. The zero-order valence-electron chi connectivity index (χ0n) is 18.4. The van der Waals surface area contributed by atoms with Gasteiger partial charge in [0.1, 0.15) is 16.3 Å². The van der Waals surface area contributed by atoms with Gasteiger partial charge in [-0.15, -0.1) is 0 Å². The number of aromatic nitrogens is 2. The summed E-state index contributed by atoms with van der Waals surface area (Å²) in [5.41, 5.74) is -0.671. The smallest absolute Gasteiger partial charge is 0.416 e. The Labute approximate surface area is 194 Å². The van der Waals surface area contributed by atoms with Crippen molar-refractivity contribution in [2.75, 3.05) is 16.6 Å². The van der Waals surface area contributed by atoms with E-state index in [1.165, 1.54) is 41.2 Å². The van der Waals surface area contributed by atoms with E-state index in [1.807, 2.05) is 6.92 Å². The lowest BCUT2D eigenvalue weighted by atomic mass is 10.2. The summed E-state index contributed by atoms with van der Waals surface area (Å²) in [7, 11) is -2.71. The van der Waals surface area contributed by atoms with Crippen LogP contribution in [0.1, 0.15) is 35.8 Å². The zero-order chi connectivity index (χ0) is 24.9. The second-order valence-electron chi connectivity index (χ2n) is 7.34. The number of anilines is 2. The van der Waals surface area contributed by atoms with Gasteiger partial charge in [0.2, 0.25) is 0 Å². The first-order valence-electron chi connectivity index (χ1n) is 10.3. The first-order valence-corrected chi connectivity index (χ1v) is 11.8. The van der Waals surface area contributed by atoms with E-state index in [2.05, 4.69) is 15.1 Å². The second kappa shape index (κ2) is 10.2. The lowest BCUT2D eigenvalue weighted by molar-refractivity contribution is -0.137. The van der Waals surface area contributed by atoms with Crippen LogP contribution in [0.3, 0.4) is 0 Å². The van der Waals surface area contributed by atoms with Crippen molar-refractivity contribution in [2.45, 2.75) is 30.8 Å². The van der Waals surface area contributed by atoms with Gasteiger partial charge < -0.3 is 10.1 Å². The normalized spacial score (nSPS) is 11.8. The van der Waals surface area contributed by atoms with E-state index < -0.39 is 27.7 Å². The van der Waals surface area contributed by atoms with Crippen LogP contribution in [0, 0.1) is 0 Å². The van der Waals surface area contributed by atoms with Crippen molar-refractivity contribution in [3.05, 3.63) is 66.0 Å². The number of carbonyl (C=O) groups excluding carboxylic acids is 1. The Hall–Kier alpha value is -3.54. The zero-order valence-corrected chi connectivity index (χ0v) is 19.2. The van der Waals surface area contributed by atoms with Crippen molar-refractivity contribution >= 4 is 27.3 Å². The van der Waals surface area contributed by atoms with E-state index in [1.54, 1.807) is 7.05 Å². The quantitative estimate of drug-likeness (QED) is 0.419. The summed E-state index contributed by atoms with van der Waals surface area (Å²) < 4.78 is 74.2. The topological polar surface area (TPSA) is 102 Å². The molecule has 0 unspecified atom stereocenters. The highest BCUT2D eigenvalue weighted by Gasteiger charge is 2.31. The predicted octanol–water partition coefficient (Wildman–Crippen LogP) is 4.67. The Morgan fingerprint density at radius 1 is 1.12 bits per heavy atom. The van der Waals surface area contributed by atoms with Gasteiger partial charge in [0.25, 0.3) is 15.9 Å². The summed E-state index contributed by atoms with van der Waals surface area (Å²) in [4.78, 5) is 12.2. The van der Waals surface area contributed by atoms with E-state index in [0.29, 0.717) is 12.5 Å². The van der Waals surface area contributed by atoms with E-state index in [-0.39, 0.29) is 34.3 Å². The van der Waals surface area contributed by atoms with Crippen molar-refractivity contribution in [1.82, 2.24) is 9.78 Å². The SMILES string of the molecule is CCCCOc1cc(NC(=O)c2ccnn2C)ccc1S(=O)(=O)Nc1cccc(C(F)(F)F)c1. The molecule has 0 saturated carbocycles. The van der Waals surface area contributed by atoms with E-state index in [9.17, 15) is 26.4 Å². The Balaban J connectivity index is 1.91. The van der Waals surface area contributed by atoms with Gasteiger partial charge in [0.15, 0.2) is 0 Å². The molecule has 0 radical (unpaired) electrons. The molecule has 0 aliphatic heterocycles. The van der Waals surface area contributed by atoms with Crippen LogP contribution in [0.5, 0.6) is 5.75 Å². The summed E-state index contributed by atoms with van der Waals surface area (Å²) in [5.74, 6) is -0.507. The molecule has 1 aromatic heterocycles. The molecule has 182 valence electrons. The molecule has 34 heavy (non-hydrogen) atoms. The number of unbranched alkanes of at least 4 members (excludes halogenated alkanes) is 1. The summed E-state index contributed by atoms with van der Waals surface area (Å²) in [6, 6.07) is 9.33. The lowest BCUT2D eigenvalue weighted by Gasteiger charge is -2.16. The number of benzene rings is 2. The Bertz CT molecular complexity index is 1270. The maximum Gasteiger partial charge on any atom is 0.416 e. The molecule has 0 saturated heterocycles. The van der Waals surface area contributed by atoms with Crippen molar-refractivity contribution in [3.8, 4) is 5.75 Å². The minimum atomic E-state index is -4.62.